The average Bonchev–Trinajstić information content (AvgIpc) is 2.41. The maximum absolute atomic E-state index is 6.32. The Kier molecular flexibility index (Phi) is 5.32. The van der Waals surface area contributed by atoms with Crippen LogP contribution in [-0.4, -0.2) is 10.4 Å². The first-order chi connectivity index (χ1) is 9.86. The third-order valence-electron chi connectivity index (χ3n) is 3.54. The van der Waals surface area contributed by atoms with Crippen molar-refractivity contribution in [3.8, 4) is 0 Å². The maximum Gasteiger partial charge on any atom is 0.0465 e. The van der Waals surface area contributed by atoms with Crippen LogP contribution in [0.15, 0.2) is 48.5 Å². The van der Waals surface area contributed by atoms with Crippen LogP contribution in [0.1, 0.15) is 31.9 Å². The van der Waals surface area contributed by atoms with Crippen LogP contribution in [-0.2, 0) is 13.1 Å². The van der Waals surface area contributed by atoms with E-state index in [1.165, 1.54) is 5.56 Å². The zero-order valence-corrected chi connectivity index (χ0v) is 14.2. The van der Waals surface area contributed by atoms with Gasteiger partial charge in [0.2, 0.25) is 0 Å². The summed E-state index contributed by atoms with van der Waals surface area (Å²) in [6.07, 6.45) is 0. The second-order valence-corrected chi connectivity index (χ2v) is 7.09. The highest BCUT2D eigenvalue weighted by atomic mass is 35.5. The molecule has 21 heavy (non-hydrogen) atoms. The van der Waals surface area contributed by atoms with E-state index in [4.69, 9.17) is 23.2 Å². The second-order valence-electron chi connectivity index (χ2n) is 6.25. The van der Waals surface area contributed by atoms with E-state index in [1.807, 2.05) is 24.3 Å². The molecule has 0 heterocycles. The number of benzene rings is 2. The molecule has 0 amide bonds. The fourth-order valence-electron chi connectivity index (χ4n) is 2.19. The van der Waals surface area contributed by atoms with Crippen LogP contribution in [0.2, 0.25) is 10.0 Å². The standard InChI is InChI=1S/C18H21Cl2N/c1-18(2,3)21(12-14-7-5-4-6-8-14)13-15-9-10-16(19)11-17(15)20/h4-11H,12-13H2,1-3H3. The number of halogens is 2. The second kappa shape index (κ2) is 6.83. The molecule has 0 fully saturated rings. The zero-order valence-electron chi connectivity index (χ0n) is 12.7. The molecule has 112 valence electrons. The molecule has 2 aromatic rings. The van der Waals surface area contributed by atoms with Crippen molar-refractivity contribution in [2.75, 3.05) is 0 Å². The normalized spacial score (nSPS) is 11.9. The van der Waals surface area contributed by atoms with Crippen LogP contribution in [0.25, 0.3) is 0 Å². The first-order valence-corrected chi connectivity index (χ1v) is 7.85. The molecule has 0 aromatic heterocycles. The minimum absolute atomic E-state index is 0.0544. The zero-order chi connectivity index (χ0) is 15.5. The Balaban J connectivity index is 2.21. The van der Waals surface area contributed by atoms with Crippen molar-refractivity contribution in [3.63, 3.8) is 0 Å². The summed E-state index contributed by atoms with van der Waals surface area (Å²) in [4.78, 5) is 2.41. The van der Waals surface area contributed by atoms with E-state index < -0.39 is 0 Å². The molecule has 2 rings (SSSR count). The van der Waals surface area contributed by atoms with Gasteiger partial charge in [-0.1, -0.05) is 59.6 Å². The van der Waals surface area contributed by atoms with E-state index >= 15 is 0 Å². The summed E-state index contributed by atoms with van der Waals surface area (Å²) in [6.45, 7) is 8.36. The Labute approximate surface area is 137 Å². The maximum atomic E-state index is 6.32. The highest BCUT2D eigenvalue weighted by Crippen LogP contribution is 2.26. The molecule has 0 saturated carbocycles. The van der Waals surface area contributed by atoms with E-state index in [-0.39, 0.29) is 5.54 Å². The van der Waals surface area contributed by atoms with Gasteiger partial charge in [-0.15, -0.1) is 0 Å². The van der Waals surface area contributed by atoms with Gasteiger partial charge in [0.1, 0.15) is 0 Å². The monoisotopic (exact) mass is 321 g/mol. The Morgan fingerprint density at radius 3 is 2.14 bits per heavy atom. The summed E-state index contributed by atoms with van der Waals surface area (Å²) in [5.74, 6) is 0. The smallest absolute Gasteiger partial charge is 0.0465 e. The van der Waals surface area contributed by atoms with Gasteiger partial charge in [-0.3, -0.25) is 4.90 Å². The van der Waals surface area contributed by atoms with Crippen LogP contribution >= 0.6 is 23.2 Å². The number of nitrogens with zero attached hydrogens (tertiary/aromatic N) is 1. The lowest BCUT2D eigenvalue weighted by Crippen LogP contribution is -2.40. The fourth-order valence-corrected chi connectivity index (χ4v) is 2.66. The van der Waals surface area contributed by atoms with Crippen LogP contribution in [0.4, 0.5) is 0 Å². The van der Waals surface area contributed by atoms with Gasteiger partial charge >= 0.3 is 0 Å². The van der Waals surface area contributed by atoms with Gasteiger partial charge in [0.25, 0.3) is 0 Å². The molecular formula is C18H21Cl2N. The summed E-state index contributed by atoms with van der Waals surface area (Å²) in [5, 5.41) is 1.40. The van der Waals surface area contributed by atoms with E-state index in [1.54, 1.807) is 0 Å². The van der Waals surface area contributed by atoms with Gasteiger partial charge in [0.15, 0.2) is 0 Å². The van der Waals surface area contributed by atoms with Crippen molar-refractivity contribution < 1.29 is 0 Å². The number of hydrogen-bond donors (Lipinski definition) is 0. The molecule has 0 radical (unpaired) electrons. The molecule has 0 aliphatic rings. The third-order valence-corrected chi connectivity index (χ3v) is 4.13. The lowest BCUT2D eigenvalue weighted by Gasteiger charge is -2.36. The van der Waals surface area contributed by atoms with Gasteiger partial charge in [-0.2, -0.15) is 0 Å². The molecule has 0 atom stereocenters. The number of hydrogen-bond acceptors (Lipinski definition) is 1. The van der Waals surface area contributed by atoms with Crippen LogP contribution in [0.5, 0.6) is 0 Å². The summed E-state index contributed by atoms with van der Waals surface area (Å²) < 4.78 is 0. The minimum atomic E-state index is 0.0544. The molecule has 1 nitrogen and oxygen atoms in total. The first-order valence-electron chi connectivity index (χ1n) is 7.09. The van der Waals surface area contributed by atoms with Crippen molar-refractivity contribution in [1.29, 1.82) is 0 Å². The summed E-state index contributed by atoms with van der Waals surface area (Å²) >= 11 is 12.3. The van der Waals surface area contributed by atoms with Crippen molar-refractivity contribution in [2.45, 2.75) is 39.4 Å². The van der Waals surface area contributed by atoms with Crippen molar-refractivity contribution in [2.24, 2.45) is 0 Å². The van der Waals surface area contributed by atoms with Gasteiger partial charge in [-0.25, -0.2) is 0 Å². The molecule has 0 saturated heterocycles. The van der Waals surface area contributed by atoms with Crippen molar-refractivity contribution >= 4 is 23.2 Å². The molecular weight excluding hydrogens is 301 g/mol. The quantitative estimate of drug-likeness (QED) is 0.688. The molecule has 2 aromatic carbocycles. The third kappa shape index (κ3) is 4.74. The topological polar surface area (TPSA) is 3.24 Å². The Morgan fingerprint density at radius 1 is 0.905 bits per heavy atom. The van der Waals surface area contributed by atoms with Crippen LogP contribution in [0.3, 0.4) is 0 Å². The SMILES string of the molecule is CC(C)(C)N(Cc1ccccc1)Cc1ccc(Cl)cc1Cl. The van der Waals surface area contributed by atoms with Gasteiger partial charge < -0.3 is 0 Å². The molecule has 0 bridgehead atoms. The van der Waals surface area contributed by atoms with Crippen molar-refractivity contribution in [1.82, 2.24) is 4.90 Å². The van der Waals surface area contributed by atoms with Gasteiger partial charge in [-0.05, 0) is 44.0 Å². The lowest BCUT2D eigenvalue weighted by molar-refractivity contribution is 0.118. The lowest BCUT2D eigenvalue weighted by atomic mass is 10.0. The van der Waals surface area contributed by atoms with Gasteiger partial charge in [0, 0.05) is 28.7 Å². The highest BCUT2D eigenvalue weighted by molar-refractivity contribution is 6.35. The van der Waals surface area contributed by atoms with Crippen molar-refractivity contribution in [3.05, 3.63) is 69.7 Å². The highest BCUT2D eigenvalue weighted by Gasteiger charge is 2.22. The average molecular weight is 322 g/mol. The van der Waals surface area contributed by atoms with E-state index in [0.717, 1.165) is 23.7 Å². The fraction of sp³-hybridized carbons (Fsp3) is 0.333. The predicted octanol–water partition coefficient (Wildman–Crippen LogP) is 5.79. The largest absolute Gasteiger partial charge is 0.290 e. The van der Waals surface area contributed by atoms with E-state index in [0.29, 0.717) is 5.02 Å². The summed E-state index contributed by atoms with van der Waals surface area (Å²) in [7, 11) is 0. The molecule has 0 aliphatic heterocycles. The minimum Gasteiger partial charge on any atom is -0.290 e. The number of rotatable bonds is 4. The molecule has 0 unspecified atom stereocenters. The Morgan fingerprint density at radius 2 is 1.57 bits per heavy atom. The molecule has 0 aliphatic carbocycles. The van der Waals surface area contributed by atoms with Crippen LogP contribution in [0, 0.1) is 0 Å². The molecule has 0 spiro atoms. The van der Waals surface area contributed by atoms with Gasteiger partial charge in [0.05, 0.1) is 0 Å². The van der Waals surface area contributed by atoms with E-state index in [9.17, 15) is 0 Å². The Bertz CT molecular complexity index is 588. The Hall–Kier alpha value is -1.02. The predicted molar refractivity (Wildman–Crippen MR) is 91.9 cm³/mol. The summed E-state index contributed by atoms with van der Waals surface area (Å²) in [5.41, 5.74) is 2.46. The molecule has 0 N–H and O–H groups in total. The summed E-state index contributed by atoms with van der Waals surface area (Å²) in [6, 6.07) is 16.2. The van der Waals surface area contributed by atoms with Crippen LogP contribution < -0.4 is 0 Å². The first kappa shape index (κ1) is 16.4. The van der Waals surface area contributed by atoms with E-state index in [2.05, 4.69) is 49.9 Å². The molecule has 3 heteroatoms.